The van der Waals surface area contributed by atoms with Crippen molar-refractivity contribution in [2.45, 2.75) is 75.1 Å². The number of H-pyrrole nitrogens is 1. The third kappa shape index (κ3) is 17.1. The fourth-order valence-electron chi connectivity index (χ4n) is 6.08. The van der Waals surface area contributed by atoms with Gasteiger partial charge >= 0.3 is 33.3 Å². The third-order valence-electron chi connectivity index (χ3n) is 8.94. The summed E-state index contributed by atoms with van der Waals surface area (Å²) in [5, 5.41) is 29.0. The molecule has 16 heteroatoms. The first-order valence-corrected chi connectivity index (χ1v) is 23.2. The van der Waals surface area contributed by atoms with Gasteiger partial charge in [0.2, 0.25) is 11.8 Å². The summed E-state index contributed by atoms with van der Waals surface area (Å²) in [5.41, 5.74) is 4.68. The molecule has 3 unspecified atom stereocenters. The number of hydrogen-bond donors (Lipinski definition) is 5. The fourth-order valence-corrected chi connectivity index (χ4v) is 7.62. The van der Waals surface area contributed by atoms with Crippen LogP contribution in [0.3, 0.4) is 0 Å². The van der Waals surface area contributed by atoms with Crippen molar-refractivity contribution in [3.63, 3.8) is 0 Å². The second-order valence-corrected chi connectivity index (χ2v) is 14.3. The molecule has 0 bridgehead atoms. The van der Waals surface area contributed by atoms with Crippen LogP contribution >= 0.6 is 21.4 Å². The van der Waals surface area contributed by atoms with Crippen LogP contribution in [0.15, 0.2) is 133 Å². The van der Waals surface area contributed by atoms with E-state index in [1.165, 1.54) is 17.6 Å². The molecule has 6 aliphatic rings. The number of rotatable bonds is 14. The van der Waals surface area contributed by atoms with Crippen molar-refractivity contribution in [2.24, 2.45) is 0 Å². The second-order valence-electron chi connectivity index (χ2n) is 13.1. The van der Waals surface area contributed by atoms with Gasteiger partial charge in [0.05, 0.1) is 18.4 Å². The van der Waals surface area contributed by atoms with Gasteiger partial charge in [0.15, 0.2) is 0 Å². The predicted molar refractivity (Wildman–Crippen MR) is 227 cm³/mol. The van der Waals surface area contributed by atoms with Crippen LogP contribution in [0.25, 0.3) is 21.3 Å². The maximum absolute atomic E-state index is 12.0. The number of thioether (sulfide) groups is 1. The molecule has 3 atom stereocenters. The summed E-state index contributed by atoms with van der Waals surface area (Å²) in [5.74, 6) is 1.15. The molecular weight excluding hydrogens is 938 g/mol. The Bertz CT molecular complexity index is 1620. The number of halogens is 1. The van der Waals surface area contributed by atoms with E-state index in [-0.39, 0.29) is 29.9 Å². The van der Waals surface area contributed by atoms with Gasteiger partial charge in [0.25, 0.3) is 0 Å². The third-order valence-corrected chi connectivity index (χ3v) is 10.4. The molecule has 5 N–H and O–H groups in total. The van der Waals surface area contributed by atoms with E-state index >= 15 is 0 Å². The van der Waals surface area contributed by atoms with Crippen LogP contribution in [-0.2, 0) is 33.6 Å². The van der Waals surface area contributed by atoms with Gasteiger partial charge in [-0.2, -0.15) is 59.3 Å². The molecule has 6 aliphatic heterocycles. The van der Waals surface area contributed by atoms with Crippen LogP contribution < -0.4 is 21.3 Å². The van der Waals surface area contributed by atoms with Crippen LogP contribution in [0.2, 0.25) is 0 Å². The van der Waals surface area contributed by atoms with Crippen LogP contribution in [0.1, 0.15) is 57.1 Å². The molecule has 57 heavy (non-hydrogen) atoms. The fraction of sp³-hybridized carbons (Fsp3) is 0.366. The predicted octanol–water partition coefficient (Wildman–Crippen LogP) is 8.38. The van der Waals surface area contributed by atoms with Crippen molar-refractivity contribution >= 4 is 39.2 Å². The van der Waals surface area contributed by atoms with Gasteiger partial charge in [0.1, 0.15) is 0 Å². The molecule has 7 heterocycles. The number of nitrogens with one attached hydrogen (secondary N) is 5. The van der Waals surface area contributed by atoms with Crippen molar-refractivity contribution < 1.29 is 32.0 Å². The maximum atomic E-state index is 12.0. The zero-order valence-electron chi connectivity index (χ0n) is 31.7. The van der Waals surface area contributed by atoms with Gasteiger partial charge < -0.3 is 47.5 Å². The van der Waals surface area contributed by atoms with E-state index in [9.17, 15) is 14.4 Å². The number of urea groups is 1. The Hall–Kier alpha value is -4.70. The van der Waals surface area contributed by atoms with E-state index in [0.29, 0.717) is 31.2 Å². The van der Waals surface area contributed by atoms with E-state index < -0.39 is 0 Å². The molecule has 0 spiro atoms. The molecule has 0 aromatic carbocycles. The molecule has 0 saturated carbocycles. The Kier molecular flexibility index (Phi) is 21.3. The van der Waals surface area contributed by atoms with Crippen molar-refractivity contribution in [3.8, 4) is 0 Å². The number of imidazole rings is 1. The molecule has 0 radical (unpaired) electrons. The summed E-state index contributed by atoms with van der Waals surface area (Å²) in [6, 6.07) is 0.453. The molecule has 2 saturated heterocycles. The average Bonchev–Trinajstić information content (AvgIpc) is 4.02. The Labute approximate surface area is 354 Å². The number of carbonyl (C=O) groups is 3. The van der Waals surface area contributed by atoms with Gasteiger partial charge in [0, 0.05) is 55.2 Å². The minimum atomic E-state index is -0.0504. The molecule has 7 rings (SSSR count). The van der Waals surface area contributed by atoms with E-state index in [4.69, 9.17) is 0 Å². The molecule has 1 aromatic heterocycles. The van der Waals surface area contributed by atoms with Crippen molar-refractivity contribution in [1.29, 1.82) is 0 Å². The van der Waals surface area contributed by atoms with E-state index in [0.717, 1.165) is 79.2 Å². The Morgan fingerprint density at radius 1 is 0.719 bits per heavy atom. The number of carbonyl (C=O) groups excluding carboxylic acids is 3. The van der Waals surface area contributed by atoms with Crippen molar-refractivity contribution in [3.05, 3.63) is 160 Å². The number of nitrogens with zero attached hydrogens (tertiary/aromatic N) is 5. The van der Waals surface area contributed by atoms with Crippen molar-refractivity contribution in [2.75, 3.05) is 18.8 Å². The van der Waals surface area contributed by atoms with Crippen LogP contribution in [-0.4, -0.2) is 64.0 Å². The summed E-state index contributed by atoms with van der Waals surface area (Å²) in [6.45, 7) is 1.28. The van der Waals surface area contributed by atoms with Crippen LogP contribution in [0.5, 0.6) is 0 Å². The Balaban J connectivity index is 0.000000224. The molecule has 2 fully saturated rings. The van der Waals surface area contributed by atoms with E-state index in [2.05, 4.69) is 62.1 Å². The first-order chi connectivity index (χ1) is 28.0. The van der Waals surface area contributed by atoms with Gasteiger partial charge in [-0.1, -0.05) is 85.8 Å². The first kappa shape index (κ1) is 45.0. The summed E-state index contributed by atoms with van der Waals surface area (Å²) in [4.78, 5) is 42.1. The number of aromatic amines is 1. The molecule has 307 valence electrons. The number of hydrogen-bond acceptors (Lipinski definition) is 5. The number of fused-ring (bicyclic) bond motifs is 1. The number of amides is 4. The number of aromatic nitrogens is 2. The SMILES string of the molecule is C1=C[N-]C(=C2C=CC=C[N-]2)C=C1.C1=C[N-]C(=C2C=CC=C[N-]2)C=C1.O=C(CCCCC1SCC2NC(=O)NC21)NCCCCCC(=O)NCCc1cnc[nH]1.[Cl][Os]. The quantitative estimate of drug-likeness (QED) is 0.0925. The zero-order chi connectivity index (χ0) is 40.3. The second kappa shape index (κ2) is 27.0. The first-order valence-electron chi connectivity index (χ1n) is 19.0. The standard InChI is InChI=1S/C21H34N6O3S.2C10H8N2.ClH.Os/c28-18(8-4-3-6-17-20-16(13-31-17)26-21(30)27-20)23-10-5-1-2-7-19(29)24-11-9-15-12-22-14-25-15;2*1-3-7-11-9(5-1)10-6-2-4-8-12-10;;/h12,14,16-17,20H,1-11,13H2,(H,22,25)(H,23,28)(H,24,29)(H2,26,27,30);2*1-8H;1H;/q;2*-2;;+1/p-1. The topological polar surface area (TPSA) is 184 Å². The molecule has 13 nitrogen and oxygen atoms in total. The molecule has 4 amide bonds. The number of unbranched alkanes of at least 4 members (excludes halogenated alkanes) is 3. The van der Waals surface area contributed by atoms with Gasteiger partial charge in [-0.15, -0.1) is 0 Å². The summed E-state index contributed by atoms with van der Waals surface area (Å²) in [6.07, 6.45) is 41.0. The van der Waals surface area contributed by atoms with Gasteiger partial charge in [-0.3, -0.25) is 9.59 Å². The Morgan fingerprint density at radius 2 is 1.25 bits per heavy atom. The van der Waals surface area contributed by atoms with Crippen LogP contribution in [0, 0.1) is 0 Å². The van der Waals surface area contributed by atoms with Gasteiger partial charge in [-0.05, 0) is 25.7 Å². The van der Waals surface area contributed by atoms with Gasteiger partial charge in [-0.25, -0.2) is 9.78 Å². The summed E-state index contributed by atoms with van der Waals surface area (Å²) in [7, 11) is 4.67. The Morgan fingerprint density at radius 3 is 1.74 bits per heavy atom. The molecule has 1 aromatic rings. The average molecular weight is 989 g/mol. The van der Waals surface area contributed by atoms with Crippen LogP contribution in [0.4, 0.5) is 4.79 Å². The van der Waals surface area contributed by atoms with Crippen molar-refractivity contribution in [1.82, 2.24) is 31.2 Å². The normalized spacial score (nSPS) is 22.7. The zero-order valence-corrected chi connectivity index (χ0v) is 35.8. The molecule has 0 aliphatic carbocycles. The monoisotopic (exact) mass is 989 g/mol. The summed E-state index contributed by atoms with van der Waals surface area (Å²) >= 11 is 3.25. The molecular formula is C41H50ClN10O3OsS-4. The van der Waals surface area contributed by atoms with E-state index in [1.54, 1.807) is 37.3 Å². The summed E-state index contributed by atoms with van der Waals surface area (Å²) < 4.78 is 0. The number of allylic oxidation sites excluding steroid dienone is 12. The van der Waals surface area contributed by atoms with E-state index in [1.807, 2.05) is 84.7 Å². The minimum absolute atomic E-state index is 0.0504.